The molecule has 0 aliphatic heterocycles. The maximum atomic E-state index is 12.4. The van der Waals surface area contributed by atoms with Crippen LogP contribution in [0.15, 0.2) is 11.1 Å². The highest BCUT2D eigenvalue weighted by atomic mass is 35.5. The number of allylic oxidation sites excluding steroid dienone is 2. The van der Waals surface area contributed by atoms with Crippen molar-refractivity contribution in [3.8, 4) is 0 Å². The molecule has 0 aromatic carbocycles. The maximum Gasteiger partial charge on any atom is 0.120 e. The van der Waals surface area contributed by atoms with Gasteiger partial charge in [0, 0.05) is 5.03 Å². The molecule has 0 heterocycles. The van der Waals surface area contributed by atoms with E-state index >= 15 is 0 Å². The van der Waals surface area contributed by atoms with E-state index < -0.39 is 6.17 Å². The van der Waals surface area contributed by atoms with Crippen LogP contribution >= 0.6 is 11.6 Å². The monoisotopic (exact) mass is 148 g/mol. The Morgan fingerprint density at radius 3 is 2.78 bits per heavy atom. The van der Waals surface area contributed by atoms with Crippen LogP contribution in [0.25, 0.3) is 0 Å². The summed E-state index contributed by atoms with van der Waals surface area (Å²) in [5.41, 5.74) is 0. The van der Waals surface area contributed by atoms with E-state index in [4.69, 9.17) is 11.6 Å². The van der Waals surface area contributed by atoms with Crippen LogP contribution in [-0.4, -0.2) is 6.17 Å². The van der Waals surface area contributed by atoms with Crippen LogP contribution in [0.4, 0.5) is 4.39 Å². The SMILES string of the molecule is CC1CCC(F)C=C1Cl. The molecule has 1 aliphatic carbocycles. The van der Waals surface area contributed by atoms with Gasteiger partial charge in [-0.3, -0.25) is 0 Å². The molecule has 0 bridgehead atoms. The molecule has 2 atom stereocenters. The molecule has 0 spiro atoms. The molecule has 0 N–H and O–H groups in total. The predicted molar refractivity (Wildman–Crippen MR) is 37.2 cm³/mol. The summed E-state index contributed by atoms with van der Waals surface area (Å²) in [5.74, 6) is 0.374. The van der Waals surface area contributed by atoms with Crippen LogP contribution in [0.3, 0.4) is 0 Å². The maximum absolute atomic E-state index is 12.4. The minimum absolute atomic E-state index is 0.374. The molecule has 0 aromatic heterocycles. The fourth-order valence-corrected chi connectivity index (χ4v) is 1.21. The lowest BCUT2D eigenvalue weighted by molar-refractivity contribution is 0.338. The van der Waals surface area contributed by atoms with E-state index in [1.54, 1.807) is 0 Å². The zero-order chi connectivity index (χ0) is 6.85. The molecule has 0 radical (unpaired) electrons. The summed E-state index contributed by atoms with van der Waals surface area (Å²) in [6.45, 7) is 2.02. The van der Waals surface area contributed by atoms with Gasteiger partial charge in [-0.15, -0.1) is 0 Å². The van der Waals surface area contributed by atoms with Crippen LogP contribution < -0.4 is 0 Å². The van der Waals surface area contributed by atoms with Gasteiger partial charge in [-0.05, 0) is 24.8 Å². The van der Waals surface area contributed by atoms with Crippen LogP contribution in [0.2, 0.25) is 0 Å². The number of alkyl halides is 1. The Balaban J connectivity index is 2.61. The van der Waals surface area contributed by atoms with Gasteiger partial charge in [0.05, 0.1) is 0 Å². The van der Waals surface area contributed by atoms with Gasteiger partial charge in [-0.1, -0.05) is 18.5 Å². The second kappa shape index (κ2) is 2.70. The average Bonchev–Trinajstić information content (AvgIpc) is 1.80. The highest BCUT2D eigenvalue weighted by molar-refractivity contribution is 6.29. The fourth-order valence-electron chi connectivity index (χ4n) is 0.967. The van der Waals surface area contributed by atoms with Crippen molar-refractivity contribution >= 4 is 11.6 Å². The zero-order valence-electron chi connectivity index (χ0n) is 5.40. The van der Waals surface area contributed by atoms with Gasteiger partial charge < -0.3 is 0 Å². The van der Waals surface area contributed by atoms with Crippen molar-refractivity contribution in [1.82, 2.24) is 0 Å². The molecule has 2 heteroatoms. The summed E-state index contributed by atoms with van der Waals surface area (Å²) in [6.07, 6.45) is 2.23. The van der Waals surface area contributed by atoms with Gasteiger partial charge in [0.15, 0.2) is 0 Å². The molecular weight excluding hydrogens is 139 g/mol. The van der Waals surface area contributed by atoms with E-state index in [9.17, 15) is 4.39 Å². The normalized spacial score (nSPS) is 36.1. The van der Waals surface area contributed by atoms with Gasteiger partial charge >= 0.3 is 0 Å². The minimum atomic E-state index is -0.798. The summed E-state index contributed by atoms with van der Waals surface area (Å²) >= 11 is 5.68. The lowest BCUT2D eigenvalue weighted by atomic mass is 9.96. The second-order valence-corrected chi connectivity index (χ2v) is 2.98. The van der Waals surface area contributed by atoms with E-state index in [1.807, 2.05) is 6.92 Å². The molecule has 1 rings (SSSR count). The first-order chi connectivity index (χ1) is 4.20. The Labute approximate surface area is 59.7 Å². The van der Waals surface area contributed by atoms with Gasteiger partial charge in [0.2, 0.25) is 0 Å². The molecule has 52 valence electrons. The molecule has 0 nitrogen and oxygen atoms in total. The van der Waals surface area contributed by atoms with E-state index in [0.717, 1.165) is 6.42 Å². The van der Waals surface area contributed by atoms with Gasteiger partial charge in [-0.2, -0.15) is 0 Å². The Morgan fingerprint density at radius 1 is 1.67 bits per heavy atom. The van der Waals surface area contributed by atoms with Crippen LogP contribution in [0, 0.1) is 5.92 Å². The third-order valence-corrected chi connectivity index (χ3v) is 2.18. The number of halogens is 2. The molecular formula is C7H10ClF. The Hall–Kier alpha value is -0.0400. The quantitative estimate of drug-likeness (QED) is 0.496. The van der Waals surface area contributed by atoms with Crippen molar-refractivity contribution in [2.24, 2.45) is 5.92 Å². The van der Waals surface area contributed by atoms with E-state index in [0.29, 0.717) is 17.4 Å². The van der Waals surface area contributed by atoms with Crippen LogP contribution in [-0.2, 0) is 0 Å². The predicted octanol–water partition coefficient (Wildman–Crippen LogP) is 2.88. The molecule has 1 aliphatic rings. The first-order valence-electron chi connectivity index (χ1n) is 3.21. The Morgan fingerprint density at radius 2 is 2.33 bits per heavy atom. The van der Waals surface area contributed by atoms with E-state index in [1.165, 1.54) is 6.08 Å². The summed E-state index contributed by atoms with van der Waals surface area (Å²) < 4.78 is 12.4. The van der Waals surface area contributed by atoms with Crippen molar-refractivity contribution < 1.29 is 4.39 Å². The number of hydrogen-bond acceptors (Lipinski definition) is 0. The molecule has 2 unspecified atom stereocenters. The summed E-state index contributed by atoms with van der Waals surface area (Å²) in [7, 11) is 0. The third kappa shape index (κ3) is 1.68. The average molecular weight is 149 g/mol. The topological polar surface area (TPSA) is 0 Å². The molecule has 0 saturated carbocycles. The van der Waals surface area contributed by atoms with Crippen molar-refractivity contribution in [1.29, 1.82) is 0 Å². The summed E-state index contributed by atoms with van der Waals surface area (Å²) in [5, 5.41) is 0.689. The Kier molecular flexibility index (Phi) is 2.12. The smallest absolute Gasteiger partial charge is 0.120 e. The summed E-state index contributed by atoms with van der Waals surface area (Å²) in [4.78, 5) is 0. The highest BCUT2D eigenvalue weighted by Crippen LogP contribution is 2.28. The van der Waals surface area contributed by atoms with Crippen molar-refractivity contribution in [2.75, 3.05) is 0 Å². The third-order valence-electron chi connectivity index (χ3n) is 1.69. The second-order valence-electron chi connectivity index (χ2n) is 2.55. The highest BCUT2D eigenvalue weighted by Gasteiger charge is 2.16. The van der Waals surface area contributed by atoms with E-state index in [2.05, 4.69) is 0 Å². The van der Waals surface area contributed by atoms with Crippen molar-refractivity contribution in [3.05, 3.63) is 11.1 Å². The molecule has 0 aromatic rings. The van der Waals surface area contributed by atoms with Gasteiger partial charge in [0.1, 0.15) is 6.17 Å². The van der Waals surface area contributed by atoms with Gasteiger partial charge in [0.25, 0.3) is 0 Å². The standard InChI is InChI=1S/C7H10ClF/c1-5-2-3-6(9)4-7(5)8/h4-6H,2-3H2,1H3. The first-order valence-corrected chi connectivity index (χ1v) is 3.59. The lowest BCUT2D eigenvalue weighted by Crippen LogP contribution is -2.08. The molecule has 0 saturated heterocycles. The molecule has 0 amide bonds. The molecule has 9 heavy (non-hydrogen) atoms. The van der Waals surface area contributed by atoms with Crippen LogP contribution in [0.1, 0.15) is 19.8 Å². The largest absolute Gasteiger partial charge is 0.243 e. The minimum Gasteiger partial charge on any atom is -0.243 e. The first kappa shape index (κ1) is 7.07. The zero-order valence-corrected chi connectivity index (χ0v) is 6.16. The van der Waals surface area contributed by atoms with Gasteiger partial charge in [-0.25, -0.2) is 4.39 Å². The van der Waals surface area contributed by atoms with Crippen LogP contribution in [0.5, 0.6) is 0 Å². The lowest BCUT2D eigenvalue weighted by Gasteiger charge is -2.17. The van der Waals surface area contributed by atoms with E-state index in [-0.39, 0.29) is 0 Å². The van der Waals surface area contributed by atoms with Crippen molar-refractivity contribution in [3.63, 3.8) is 0 Å². The number of rotatable bonds is 0. The Bertz CT molecular complexity index is 131. The summed E-state index contributed by atoms with van der Waals surface area (Å²) in [6, 6.07) is 0. The molecule has 0 fully saturated rings. The number of hydrogen-bond donors (Lipinski definition) is 0. The fraction of sp³-hybridized carbons (Fsp3) is 0.714. The van der Waals surface area contributed by atoms with Crippen molar-refractivity contribution in [2.45, 2.75) is 25.9 Å².